The van der Waals surface area contributed by atoms with Crippen LogP contribution in [0.15, 0.2) is 0 Å². The summed E-state index contributed by atoms with van der Waals surface area (Å²) in [5.74, 6) is 0. The maximum absolute atomic E-state index is 10.4. The summed E-state index contributed by atoms with van der Waals surface area (Å²) in [5.41, 5.74) is 0. The van der Waals surface area contributed by atoms with Gasteiger partial charge in [-0.1, -0.05) is 0 Å². The van der Waals surface area contributed by atoms with Crippen molar-refractivity contribution in [3.05, 3.63) is 6.61 Å². The summed E-state index contributed by atoms with van der Waals surface area (Å²) < 4.78 is 38.1. The van der Waals surface area contributed by atoms with Gasteiger partial charge in [-0.15, -0.1) is 0 Å². The van der Waals surface area contributed by atoms with Gasteiger partial charge in [0.2, 0.25) is 0 Å². The van der Waals surface area contributed by atoms with E-state index in [9.17, 15) is 13.5 Å². The molecule has 0 aromatic carbocycles. The minimum absolute atomic E-state index is 0.782. The Hall–Kier alpha value is -0.250. The van der Waals surface area contributed by atoms with Gasteiger partial charge in [0, 0.05) is 0 Å². The van der Waals surface area contributed by atoms with Crippen LogP contribution in [0.25, 0.3) is 0 Å². The highest BCUT2D eigenvalue weighted by molar-refractivity contribution is 7.80. The minimum atomic E-state index is -4.68. The first-order valence-electron chi connectivity index (χ1n) is 3.82. The van der Waals surface area contributed by atoms with Crippen molar-refractivity contribution in [3.8, 4) is 0 Å². The summed E-state index contributed by atoms with van der Waals surface area (Å²) in [6.45, 7) is 2.40. The fourth-order valence-corrected chi connectivity index (χ4v) is 1.66. The third-order valence-corrected chi connectivity index (χ3v) is 2.28. The molecule has 3 N–H and O–H groups in total. The lowest BCUT2D eigenvalue weighted by Gasteiger charge is -2.34. The summed E-state index contributed by atoms with van der Waals surface area (Å²) in [6, 6.07) is 0. The van der Waals surface area contributed by atoms with Crippen molar-refractivity contribution in [2.45, 2.75) is 31.3 Å². The maximum atomic E-state index is 10.4. The van der Waals surface area contributed by atoms with E-state index in [4.69, 9.17) is 14.4 Å². The number of hydrogen-bond acceptors (Lipinski definition) is 6. The average molecular weight is 227 g/mol. The van der Waals surface area contributed by atoms with E-state index in [-0.39, 0.29) is 0 Å². The Labute approximate surface area is 81.2 Å². The molecule has 0 spiro atoms. The molecule has 0 aliphatic carbocycles. The van der Waals surface area contributed by atoms with Gasteiger partial charge in [0.1, 0.15) is 24.9 Å². The van der Waals surface area contributed by atoms with Gasteiger partial charge in [-0.25, -0.2) is 4.18 Å². The average Bonchev–Trinajstić information content (AvgIpc) is 2.04. The molecule has 1 aliphatic rings. The van der Waals surface area contributed by atoms with Gasteiger partial charge >= 0.3 is 10.4 Å². The van der Waals surface area contributed by atoms with Crippen molar-refractivity contribution >= 4 is 10.4 Å². The largest absolute Gasteiger partial charge is 0.397 e. The van der Waals surface area contributed by atoms with Gasteiger partial charge in [-0.05, 0) is 6.92 Å². The Morgan fingerprint density at radius 3 is 2.50 bits per heavy atom. The molecule has 0 aromatic heterocycles. The zero-order valence-electron chi connectivity index (χ0n) is 7.27. The first-order chi connectivity index (χ1) is 6.31. The predicted octanol–water partition coefficient (Wildman–Crippen LogP) is -1.52. The molecule has 1 saturated heterocycles. The van der Waals surface area contributed by atoms with E-state index < -0.39 is 34.8 Å². The zero-order valence-corrected chi connectivity index (χ0v) is 8.09. The van der Waals surface area contributed by atoms with E-state index in [1.807, 2.05) is 0 Å². The second-order valence-corrected chi connectivity index (χ2v) is 3.99. The summed E-state index contributed by atoms with van der Waals surface area (Å²) in [7, 11) is -4.68. The highest BCUT2D eigenvalue weighted by Crippen LogP contribution is 2.21. The van der Waals surface area contributed by atoms with Gasteiger partial charge in [0.05, 0.1) is 6.10 Å². The molecule has 1 fully saturated rings. The van der Waals surface area contributed by atoms with Crippen LogP contribution in [0.4, 0.5) is 0 Å². The smallest absolute Gasteiger partial charge is 0.387 e. The van der Waals surface area contributed by atoms with E-state index in [2.05, 4.69) is 4.18 Å². The van der Waals surface area contributed by atoms with Crippen molar-refractivity contribution in [3.63, 3.8) is 0 Å². The van der Waals surface area contributed by atoms with Crippen LogP contribution in [0.5, 0.6) is 0 Å². The fraction of sp³-hybridized carbons (Fsp3) is 0.833. The maximum Gasteiger partial charge on any atom is 0.397 e. The Kier molecular flexibility index (Phi) is 3.45. The van der Waals surface area contributed by atoms with Gasteiger partial charge in [-0.2, -0.15) is 8.42 Å². The van der Waals surface area contributed by atoms with Crippen LogP contribution in [0.2, 0.25) is 0 Å². The Morgan fingerprint density at radius 2 is 2.00 bits per heavy atom. The quantitative estimate of drug-likeness (QED) is 0.491. The van der Waals surface area contributed by atoms with Crippen LogP contribution < -0.4 is 0 Å². The molecular formula is C6H11O7S. The van der Waals surface area contributed by atoms with Gasteiger partial charge in [-0.3, -0.25) is 4.55 Å². The van der Waals surface area contributed by atoms with Crippen molar-refractivity contribution in [1.29, 1.82) is 0 Å². The zero-order chi connectivity index (χ0) is 10.9. The van der Waals surface area contributed by atoms with Gasteiger partial charge < -0.3 is 14.9 Å². The minimum Gasteiger partial charge on any atom is -0.387 e. The molecule has 0 bridgehead atoms. The Balaban J connectivity index is 2.73. The number of ether oxygens (including phenoxy) is 1. The van der Waals surface area contributed by atoms with Crippen LogP contribution in [0, 0.1) is 6.61 Å². The summed E-state index contributed by atoms with van der Waals surface area (Å²) in [4.78, 5) is 0. The second-order valence-electron chi connectivity index (χ2n) is 2.95. The third kappa shape index (κ3) is 2.87. The number of aliphatic hydroxyl groups excluding tert-OH is 2. The molecule has 83 valence electrons. The highest BCUT2D eigenvalue weighted by Gasteiger charge is 2.40. The van der Waals surface area contributed by atoms with E-state index in [0.717, 1.165) is 6.61 Å². The van der Waals surface area contributed by atoms with E-state index in [1.54, 1.807) is 0 Å². The summed E-state index contributed by atoms with van der Waals surface area (Å²) >= 11 is 0. The molecule has 1 aliphatic heterocycles. The molecule has 1 heterocycles. The molecule has 0 saturated carbocycles. The van der Waals surface area contributed by atoms with E-state index >= 15 is 0 Å². The van der Waals surface area contributed by atoms with Crippen LogP contribution in [0.1, 0.15) is 6.92 Å². The molecule has 4 atom stereocenters. The van der Waals surface area contributed by atoms with Crippen molar-refractivity contribution in [1.82, 2.24) is 0 Å². The number of aliphatic hydroxyl groups is 2. The monoisotopic (exact) mass is 227 g/mol. The standard InChI is InChI=1S/C6H11O7S/c1-3-6(13-14(9,10)11)5(8)4(7)2-12-3/h2-8H,1H3,(H,9,10,11)/t3-,4+,5-,6+/m0/s1. The molecular weight excluding hydrogens is 216 g/mol. The molecule has 0 amide bonds. The molecule has 7 nitrogen and oxygen atoms in total. The van der Waals surface area contributed by atoms with Gasteiger partial charge in [0.15, 0.2) is 0 Å². The molecule has 0 unspecified atom stereocenters. The van der Waals surface area contributed by atoms with Crippen LogP contribution in [-0.2, 0) is 19.3 Å². The second kappa shape index (κ2) is 4.09. The first-order valence-corrected chi connectivity index (χ1v) is 5.18. The van der Waals surface area contributed by atoms with Crippen LogP contribution in [0.3, 0.4) is 0 Å². The Morgan fingerprint density at radius 1 is 1.43 bits per heavy atom. The van der Waals surface area contributed by atoms with Crippen LogP contribution in [-0.4, -0.2) is 47.6 Å². The predicted molar refractivity (Wildman–Crippen MR) is 43.3 cm³/mol. The molecule has 8 heteroatoms. The summed E-state index contributed by atoms with van der Waals surface area (Å²) in [6.07, 6.45) is -4.92. The highest BCUT2D eigenvalue weighted by atomic mass is 32.3. The molecule has 14 heavy (non-hydrogen) atoms. The number of hydrogen-bond donors (Lipinski definition) is 3. The summed E-state index contributed by atoms with van der Waals surface area (Å²) in [5, 5.41) is 18.4. The topological polar surface area (TPSA) is 113 Å². The first kappa shape index (κ1) is 11.8. The van der Waals surface area contributed by atoms with Crippen molar-refractivity contribution in [2.75, 3.05) is 0 Å². The number of rotatable bonds is 2. The van der Waals surface area contributed by atoms with Gasteiger partial charge in [0.25, 0.3) is 0 Å². The molecule has 1 rings (SSSR count). The molecule has 0 aromatic rings. The van der Waals surface area contributed by atoms with E-state index in [1.165, 1.54) is 6.92 Å². The third-order valence-electron chi connectivity index (χ3n) is 1.81. The molecule has 1 radical (unpaired) electrons. The normalized spacial score (nSPS) is 39.7. The Bertz CT molecular complexity index is 287. The van der Waals surface area contributed by atoms with E-state index in [0.29, 0.717) is 0 Å². The SMILES string of the molecule is C[C@@H]1O[CH][C@@H](O)[C@H](O)[C@@H]1OS(=O)(=O)O. The van der Waals surface area contributed by atoms with Crippen molar-refractivity contribution < 1.29 is 32.1 Å². The van der Waals surface area contributed by atoms with Crippen LogP contribution >= 0.6 is 0 Å². The fourth-order valence-electron chi connectivity index (χ4n) is 1.11. The van der Waals surface area contributed by atoms with Crippen molar-refractivity contribution in [2.24, 2.45) is 0 Å². The lowest BCUT2D eigenvalue weighted by atomic mass is 10.0. The lowest BCUT2D eigenvalue weighted by molar-refractivity contribution is -0.146. The lowest BCUT2D eigenvalue weighted by Crippen LogP contribution is -2.51.